The van der Waals surface area contributed by atoms with E-state index in [0.717, 1.165) is 0 Å². The molecule has 0 aromatic carbocycles. The Hall–Kier alpha value is -2.39. The van der Waals surface area contributed by atoms with Gasteiger partial charge in [0.15, 0.2) is 0 Å². The lowest BCUT2D eigenvalue weighted by Gasteiger charge is -2.09. The Labute approximate surface area is 98.9 Å². The molecule has 0 aliphatic rings. The van der Waals surface area contributed by atoms with E-state index in [0.29, 0.717) is 0 Å². The number of halogens is 3. The summed E-state index contributed by atoms with van der Waals surface area (Å²) in [5.41, 5.74) is 5.39. The average molecular weight is 259 g/mol. The largest absolute Gasteiger partial charge is 0.405 e. The third-order valence-corrected chi connectivity index (χ3v) is 1.82. The zero-order chi connectivity index (χ0) is 13.2. The molecule has 0 radical (unpaired) electrons. The van der Waals surface area contributed by atoms with Gasteiger partial charge in [0.1, 0.15) is 12.9 Å². The molecule has 0 saturated heterocycles. The van der Waals surface area contributed by atoms with E-state index in [1.165, 1.54) is 23.3 Å². The quantitative estimate of drug-likeness (QED) is 0.838. The van der Waals surface area contributed by atoms with Crippen molar-refractivity contribution in [3.05, 3.63) is 18.7 Å². The number of nitrogens with two attached hydrogens (primary N) is 1. The first-order valence-corrected chi connectivity index (χ1v) is 4.74. The second kappa shape index (κ2) is 4.47. The average Bonchev–Trinajstić information content (AvgIpc) is 2.78. The maximum Gasteiger partial charge on any atom is 0.405 e. The molecule has 0 aliphatic heterocycles. The van der Waals surface area contributed by atoms with Crippen molar-refractivity contribution in [2.24, 2.45) is 0 Å². The summed E-state index contributed by atoms with van der Waals surface area (Å²) in [7, 11) is 0. The Bertz CT molecular complexity index is 522. The van der Waals surface area contributed by atoms with Crippen molar-refractivity contribution >= 4 is 11.9 Å². The molecule has 96 valence electrons. The Kier molecular flexibility index (Phi) is 3.00. The Morgan fingerprint density at radius 1 is 1.28 bits per heavy atom. The number of alkyl halides is 3. The highest BCUT2D eigenvalue weighted by molar-refractivity contribution is 5.35. The first kappa shape index (κ1) is 12.1. The predicted octanol–water partition coefficient (Wildman–Crippen LogP) is 0.614. The summed E-state index contributed by atoms with van der Waals surface area (Å²) < 4.78 is 37.5. The van der Waals surface area contributed by atoms with Crippen LogP contribution in [0.15, 0.2) is 18.7 Å². The Balaban J connectivity index is 2.22. The first-order chi connectivity index (χ1) is 8.44. The van der Waals surface area contributed by atoms with Crippen molar-refractivity contribution in [2.45, 2.75) is 6.18 Å². The van der Waals surface area contributed by atoms with E-state index in [2.05, 4.69) is 19.9 Å². The molecule has 0 atom stereocenters. The third kappa shape index (κ3) is 3.06. The molecule has 0 unspecified atom stereocenters. The molecule has 2 heterocycles. The number of anilines is 2. The van der Waals surface area contributed by atoms with Gasteiger partial charge in [-0.1, -0.05) is 0 Å². The number of aromatic nitrogens is 5. The van der Waals surface area contributed by atoms with E-state index in [1.54, 1.807) is 0 Å². The number of imidazole rings is 1. The van der Waals surface area contributed by atoms with Gasteiger partial charge in [0.05, 0.1) is 0 Å². The summed E-state index contributed by atoms with van der Waals surface area (Å²) in [4.78, 5) is 14.9. The minimum absolute atomic E-state index is 0.0877. The maximum absolute atomic E-state index is 12.0. The molecular weight excluding hydrogens is 251 g/mol. The van der Waals surface area contributed by atoms with E-state index < -0.39 is 12.7 Å². The SMILES string of the molecule is Nc1nc(NCC(F)(F)F)nc(-n2ccnc2)n1. The topological polar surface area (TPSA) is 94.5 Å². The van der Waals surface area contributed by atoms with E-state index in [9.17, 15) is 13.2 Å². The molecule has 0 fully saturated rings. The highest BCUT2D eigenvalue weighted by Crippen LogP contribution is 2.15. The normalized spacial score (nSPS) is 11.5. The first-order valence-electron chi connectivity index (χ1n) is 4.74. The van der Waals surface area contributed by atoms with E-state index in [4.69, 9.17) is 5.73 Å². The van der Waals surface area contributed by atoms with Crippen LogP contribution in [0.4, 0.5) is 25.1 Å². The zero-order valence-electron chi connectivity index (χ0n) is 8.89. The Morgan fingerprint density at radius 3 is 2.67 bits per heavy atom. The number of rotatable bonds is 3. The molecule has 10 heteroatoms. The molecule has 0 bridgehead atoms. The Morgan fingerprint density at radius 2 is 2.06 bits per heavy atom. The fourth-order valence-corrected chi connectivity index (χ4v) is 1.13. The lowest BCUT2D eigenvalue weighted by molar-refractivity contribution is -0.115. The van der Waals surface area contributed by atoms with Crippen molar-refractivity contribution in [2.75, 3.05) is 17.6 Å². The van der Waals surface area contributed by atoms with E-state index >= 15 is 0 Å². The third-order valence-electron chi connectivity index (χ3n) is 1.82. The van der Waals surface area contributed by atoms with Crippen LogP contribution in [-0.4, -0.2) is 37.2 Å². The molecule has 7 nitrogen and oxygen atoms in total. The van der Waals surface area contributed by atoms with Gasteiger partial charge in [-0.3, -0.25) is 4.57 Å². The molecule has 2 aromatic heterocycles. The minimum atomic E-state index is -4.36. The lowest BCUT2D eigenvalue weighted by Crippen LogP contribution is -2.23. The van der Waals surface area contributed by atoms with Crippen LogP contribution in [0.2, 0.25) is 0 Å². The van der Waals surface area contributed by atoms with Gasteiger partial charge in [0.2, 0.25) is 17.8 Å². The standard InChI is InChI=1S/C8H8F3N7/c9-8(10,11)3-14-6-15-5(12)16-7(17-6)18-2-1-13-4-18/h1-2,4H,3H2,(H3,12,14,15,16,17). The summed E-state index contributed by atoms with van der Waals surface area (Å²) in [6, 6.07) is 0. The monoisotopic (exact) mass is 259 g/mol. The predicted molar refractivity (Wildman–Crippen MR) is 55.9 cm³/mol. The van der Waals surface area contributed by atoms with Gasteiger partial charge in [-0.25, -0.2) is 4.98 Å². The van der Waals surface area contributed by atoms with Crippen molar-refractivity contribution < 1.29 is 13.2 Å². The smallest absolute Gasteiger partial charge is 0.368 e. The van der Waals surface area contributed by atoms with E-state index in [1.807, 2.05) is 5.32 Å². The molecule has 0 saturated carbocycles. The molecule has 2 aromatic rings. The number of nitrogen functional groups attached to an aromatic ring is 1. The fourth-order valence-electron chi connectivity index (χ4n) is 1.13. The molecule has 2 rings (SSSR count). The number of nitrogens with zero attached hydrogens (tertiary/aromatic N) is 5. The van der Waals surface area contributed by atoms with Crippen LogP contribution in [0, 0.1) is 0 Å². The van der Waals surface area contributed by atoms with Crippen LogP contribution >= 0.6 is 0 Å². The number of nitrogens with one attached hydrogen (secondary N) is 1. The molecule has 0 spiro atoms. The minimum Gasteiger partial charge on any atom is -0.368 e. The van der Waals surface area contributed by atoms with Crippen molar-refractivity contribution in [3.8, 4) is 5.95 Å². The van der Waals surface area contributed by atoms with Crippen LogP contribution in [0.5, 0.6) is 0 Å². The van der Waals surface area contributed by atoms with Gasteiger partial charge >= 0.3 is 6.18 Å². The lowest BCUT2D eigenvalue weighted by atomic mass is 10.6. The van der Waals surface area contributed by atoms with Gasteiger partial charge in [0.25, 0.3) is 0 Å². The van der Waals surface area contributed by atoms with E-state index in [-0.39, 0.29) is 17.8 Å². The van der Waals surface area contributed by atoms with Gasteiger partial charge in [-0.05, 0) is 0 Å². The molecule has 0 aliphatic carbocycles. The van der Waals surface area contributed by atoms with Crippen molar-refractivity contribution in [1.82, 2.24) is 24.5 Å². The van der Waals surface area contributed by atoms with Gasteiger partial charge in [-0.2, -0.15) is 28.1 Å². The summed E-state index contributed by atoms with van der Waals surface area (Å²) in [6.45, 7) is -1.25. The molecule has 18 heavy (non-hydrogen) atoms. The second-order valence-electron chi connectivity index (χ2n) is 3.26. The molecule has 0 amide bonds. The van der Waals surface area contributed by atoms with Gasteiger partial charge < -0.3 is 11.1 Å². The molecule has 3 N–H and O–H groups in total. The van der Waals surface area contributed by atoms with Crippen LogP contribution in [-0.2, 0) is 0 Å². The molecular formula is C8H8F3N7. The fraction of sp³-hybridized carbons (Fsp3) is 0.250. The van der Waals surface area contributed by atoms with Gasteiger partial charge in [0, 0.05) is 12.4 Å². The van der Waals surface area contributed by atoms with Gasteiger partial charge in [-0.15, -0.1) is 0 Å². The van der Waals surface area contributed by atoms with Crippen molar-refractivity contribution in [1.29, 1.82) is 0 Å². The highest BCUT2D eigenvalue weighted by atomic mass is 19.4. The van der Waals surface area contributed by atoms with Crippen LogP contribution in [0.3, 0.4) is 0 Å². The van der Waals surface area contributed by atoms with Crippen LogP contribution < -0.4 is 11.1 Å². The summed E-state index contributed by atoms with van der Waals surface area (Å²) in [5, 5.41) is 2.03. The van der Waals surface area contributed by atoms with Crippen LogP contribution in [0.1, 0.15) is 0 Å². The summed E-state index contributed by atoms with van der Waals surface area (Å²) >= 11 is 0. The zero-order valence-corrected chi connectivity index (χ0v) is 8.89. The van der Waals surface area contributed by atoms with Crippen LogP contribution in [0.25, 0.3) is 5.95 Å². The number of hydrogen-bond donors (Lipinski definition) is 2. The van der Waals surface area contributed by atoms with Crippen molar-refractivity contribution in [3.63, 3.8) is 0 Å². The summed E-state index contributed by atoms with van der Waals surface area (Å²) in [6.07, 6.45) is 0.0317. The maximum atomic E-state index is 12.0. The number of hydrogen-bond acceptors (Lipinski definition) is 6. The highest BCUT2D eigenvalue weighted by Gasteiger charge is 2.27. The second-order valence-corrected chi connectivity index (χ2v) is 3.26. The summed E-state index contributed by atoms with van der Waals surface area (Å²) in [5.74, 6) is -0.341.